The first kappa shape index (κ1) is 11.7. The van der Waals surface area contributed by atoms with Gasteiger partial charge < -0.3 is 15.4 Å². The lowest BCUT2D eigenvalue weighted by Crippen LogP contribution is -2.11. The summed E-state index contributed by atoms with van der Waals surface area (Å²) >= 11 is 3.30. The van der Waals surface area contributed by atoms with Crippen LogP contribution in [0.1, 0.15) is 10.4 Å². The van der Waals surface area contributed by atoms with Crippen molar-refractivity contribution in [1.29, 1.82) is 0 Å². The molecule has 0 bridgehead atoms. The third-order valence-electron chi connectivity index (χ3n) is 2.41. The van der Waals surface area contributed by atoms with E-state index < -0.39 is 11.9 Å². The number of benzene rings is 1. The quantitative estimate of drug-likeness (QED) is 0.902. The molecular weight excluding hydrogens is 288 g/mol. The molecule has 0 aliphatic heterocycles. The van der Waals surface area contributed by atoms with E-state index in [1.54, 1.807) is 18.2 Å². The lowest BCUT2D eigenvalue weighted by molar-refractivity contribution is -0.137. The first-order valence-corrected chi connectivity index (χ1v) is 5.58. The zero-order chi connectivity index (χ0) is 12.6. The fourth-order valence-corrected chi connectivity index (χ4v) is 2.10. The van der Waals surface area contributed by atoms with E-state index in [0.29, 0.717) is 16.5 Å². The molecule has 3 N–H and O–H groups in total. The van der Waals surface area contributed by atoms with E-state index in [9.17, 15) is 9.59 Å². The summed E-state index contributed by atoms with van der Waals surface area (Å²) in [7, 11) is 0. The number of carboxylic acid groups (broad SMARTS) is 1. The van der Waals surface area contributed by atoms with Crippen LogP contribution in [0.25, 0.3) is 10.9 Å². The van der Waals surface area contributed by atoms with Crippen molar-refractivity contribution in [2.75, 3.05) is 0 Å². The van der Waals surface area contributed by atoms with Gasteiger partial charge in [0, 0.05) is 21.6 Å². The number of nitrogens with two attached hydrogens (primary N) is 1. The molecule has 6 heteroatoms. The minimum absolute atomic E-state index is 0.203. The minimum atomic E-state index is -0.971. The van der Waals surface area contributed by atoms with Gasteiger partial charge in [-0.1, -0.05) is 15.9 Å². The molecule has 88 valence electrons. The van der Waals surface area contributed by atoms with Crippen molar-refractivity contribution in [3.63, 3.8) is 0 Å². The van der Waals surface area contributed by atoms with Gasteiger partial charge in [-0.3, -0.25) is 9.59 Å². The van der Waals surface area contributed by atoms with Crippen LogP contribution in [0.3, 0.4) is 0 Å². The molecule has 2 rings (SSSR count). The SMILES string of the molecule is NC(=O)c1cn(CC(=O)O)c2ccc(Br)cc12. The molecular formula is C11H9BrN2O3. The zero-order valence-electron chi connectivity index (χ0n) is 8.68. The summed E-state index contributed by atoms with van der Waals surface area (Å²) in [6, 6.07) is 5.27. The molecule has 0 saturated carbocycles. The second kappa shape index (κ2) is 4.21. The Balaban J connectivity index is 2.70. The number of aliphatic carboxylic acids is 1. The van der Waals surface area contributed by atoms with Crippen molar-refractivity contribution >= 4 is 38.7 Å². The van der Waals surface area contributed by atoms with Crippen LogP contribution in [0.15, 0.2) is 28.9 Å². The van der Waals surface area contributed by atoms with Crippen LogP contribution < -0.4 is 5.73 Å². The average Bonchev–Trinajstić information content (AvgIpc) is 2.55. The van der Waals surface area contributed by atoms with E-state index in [-0.39, 0.29) is 6.54 Å². The molecule has 0 spiro atoms. The fraction of sp³-hybridized carbons (Fsp3) is 0.0909. The van der Waals surface area contributed by atoms with Crippen LogP contribution in [-0.4, -0.2) is 21.6 Å². The Hall–Kier alpha value is -1.82. The topological polar surface area (TPSA) is 85.3 Å². The summed E-state index contributed by atoms with van der Waals surface area (Å²) in [6.45, 7) is -0.203. The maximum absolute atomic E-state index is 11.3. The highest BCUT2D eigenvalue weighted by Crippen LogP contribution is 2.25. The molecule has 0 aliphatic rings. The van der Waals surface area contributed by atoms with Gasteiger partial charge in [0.15, 0.2) is 0 Å². The highest BCUT2D eigenvalue weighted by Gasteiger charge is 2.14. The van der Waals surface area contributed by atoms with Crippen molar-refractivity contribution in [3.8, 4) is 0 Å². The van der Waals surface area contributed by atoms with Crippen LogP contribution in [0.4, 0.5) is 0 Å². The van der Waals surface area contributed by atoms with Gasteiger partial charge in [0.1, 0.15) is 6.54 Å². The summed E-state index contributed by atoms with van der Waals surface area (Å²) in [6.07, 6.45) is 1.47. The Kier molecular flexibility index (Phi) is 2.89. The molecule has 1 aromatic carbocycles. The third kappa shape index (κ3) is 2.16. The predicted molar refractivity (Wildman–Crippen MR) is 65.8 cm³/mol. The molecule has 1 amide bonds. The molecule has 1 aromatic heterocycles. The zero-order valence-corrected chi connectivity index (χ0v) is 10.3. The Bertz CT molecular complexity index is 618. The molecule has 0 unspecified atom stereocenters. The maximum Gasteiger partial charge on any atom is 0.323 e. The number of carbonyl (C=O) groups excluding carboxylic acids is 1. The van der Waals surface area contributed by atoms with Crippen LogP contribution in [0.2, 0.25) is 0 Å². The molecule has 2 aromatic rings. The number of nitrogens with zero attached hydrogens (tertiary/aromatic N) is 1. The highest BCUT2D eigenvalue weighted by atomic mass is 79.9. The molecule has 1 heterocycles. The van der Waals surface area contributed by atoms with Crippen molar-refractivity contribution < 1.29 is 14.7 Å². The largest absolute Gasteiger partial charge is 0.480 e. The molecule has 0 saturated heterocycles. The van der Waals surface area contributed by atoms with E-state index in [0.717, 1.165) is 4.47 Å². The van der Waals surface area contributed by atoms with Crippen LogP contribution in [0, 0.1) is 0 Å². The number of rotatable bonds is 3. The van der Waals surface area contributed by atoms with Crippen LogP contribution in [-0.2, 0) is 11.3 Å². The normalized spacial score (nSPS) is 10.6. The second-order valence-corrected chi connectivity index (χ2v) is 4.51. The lowest BCUT2D eigenvalue weighted by Gasteiger charge is -2.00. The van der Waals surface area contributed by atoms with Gasteiger partial charge in [0.05, 0.1) is 5.56 Å². The second-order valence-electron chi connectivity index (χ2n) is 3.59. The van der Waals surface area contributed by atoms with Gasteiger partial charge in [-0.25, -0.2) is 0 Å². The molecule has 0 atom stereocenters. The number of primary amides is 1. The minimum Gasteiger partial charge on any atom is -0.480 e. The molecule has 0 aliphatic carbocycles. The molecule has 5 nitrogen and oxygen atoms in total. The van der Waals surface area contributed by atoms with Gasteiger partial charge in [-0.05, 0) is 18.2 Å². The molecule has 17 heavy (non-hydrogen) atoms. The maximum atomic E-state index is 11.3. The summed E-state index contributed by atoms with van der Waals surface area (Å²) in [4.78, 5) is 22.0. The molecule has 0 radical (unpaired) electrons. The van der Waals surface area contributed by atoms with Gasteiger partial charge in [0.2, 0.25) is 0 Å². The smallest absolute Gasteiger partial charge is 0.323 e. The number of hydrogen-bond donors (Lipinski definition) is 2. The van der Waals surface area contributed by atoms with E-state index in [1.165, 1.54) is 10.8 Å². The average molecular weight is 297 g/mol. The van der Waals surface area contributed by atoms with E-state index in [1.807, 2.05) is 0 Å². The number of fused-ring (bicyclic) bond motifs is 1. The van der Waals surface area contributed by atoms with Crippen molar-refractivity contribution in [1.82, 2.24) is 4.57 Å². The fourth-order valence-electron chi connectivity index (χ4n) is 1.74. The van der Waals surface area contributed by atoms with E-state index in [2.05, 4.69) is 15.9 Å². The predicted octanol–water partition coefficient (Wildman–Crippen LogP) is 1.59. The van der Waals surface area contributed by atoms with Crippen LogP contribution >= 0.6 is 15.9 Å². The first-order valence-electron chi connectivity index (χ1n) is 4.79. The number of carbonyl (C=O) groups is 2. The van der Waals surface area contributed by atoms with Crippen molar-refractivity contribution in [3.05, 3.63) is 34.4 Å². The van der Waals surface area contributed by atoms with Gasteiger partial charge in [-0.2, -0.15) is 0 Å². The Morgan fingerprint density at radius 1 is 1.41 bits per heavy atom. The van der Waals surface area contributed by atoms with Crippen molar-refractivity contribution in [2.24, 2.45) is 5.73 Å². The lowest BCUT2D eigenvalue weighted by atomic mass is 10.2. The number of hydrogen-bond acceptors (Lipinski definition) is 2. The summed E-state index contributed by atoms with van der Waals surface area (Å²) in [5, 5.41) is 9.43. The van der Waals surface area contributed by atoms with Gasteiger partial charge in [-0.15, -0.1) is 0 Å². The van der Waals surface area contributed by atoms with E-state index >= 15 is 0 Å². The van der Waals surface area contributed by atoms with Gasteiger partial charge >= 0.3 is 5.97 Å². The Morgan fingerprint density at radius 3 is 2.71 bits per heavy atom. The number of carboxylic acids is 1. The standard InChI is InChI=1S/C11H9BrN2O3/c12-6-1-2-9-7(3-6)8(11(13)17)4-14(9)5-10(15)16/h1-4H,5H2,(H2,13,17)(H,15,16). The van der Waals surface area contributed by atoms with Gasteiger partial charge in [0.25, 0.3) is 5.91 Å². The third-order valence-corrected chi connectivity index (χ3v) is 2.91. The van der Waals surface area contributed by atoms with Crippen molar-refractivity contribution in [2.45, 2.75) is 6.54 Å². The first-order chi connectivity index (χ1) is 7.99. The summed E-state index contributed by atoms with van der Waals surface area (Å²) in [5.41, 5.74) is 6.25. The highest BCUT2D eigenvalue weighted by molar-refractivity contribution is 9.10. The van der Waals surface area contributed by atoms with E-state index in [4.69, 9.17) is 10.8 Å². The molecule has 0 fully saturated rings. The summed E-state index contributed by atoms with van der Waals surface area (Å²) in [5.74, 6) is -1.54. The van der Waals surface area contributed by atoms with Crippen LogP contribution in [0.5, 0.6) is 0 Å². The Morgan fingerprint density at radius 2 is 2.12 bits per heavy atom. The number of amides is 1. The monoisotopic (exact) mass is 296 g/mol. The number of aromatic nitrogens is 1. The Labute approximate surface area is 105 Å². The summed E-state index contributed by atoms with van der Waals surface area (Å²) < 4.78 is 2.30. The number of halogens is 1.